The fourth-order valence-electron chi connectivity index (χ4n) is 4.63. The minimum Gasteiger partial charge on any atom is -0.365 e. The molecule has 4 aromatic rings. The quantitative estimate of drug-likeness (QED) is 0.320. The third-order valence-corrected chi connectivity index (χ3v) is 12.5. The fourth-order valence-corrected chi connectivity index (χ4v) is 12.1. The molecule has 1 nitrogen and oxygen atoms in total. The van der Waals surface area contributed by atoms with Crippen molar-refractivity contribution in [3.63, 3.8) is 0 Å². The molecule has 0 radical (unpaired) electrons. The Labute approximate surface area is 194 Å². The van der Waals surface area contributed by atoms with Gasteiger partial charge in [0.2, 0.25) is 0 Å². The first-order chi connectivity index (χ1) is 15.9. The number of rotatable bonds is 6. The van der Waals surface area contributed by atoms with Crippen LogP contribution in [0.3, 0.4) is 0 Å². The van der Waals surface area contributed by atoms with Crippen molar-refractivity contribution in [1.82, 2.24) is 0 Å². The Morgan fingerprint density at radius 1 is 0.469 bits per heavy atom. The van der Waals surface area contributed by atoms with Gasteiger partial charge in [0.1, 0.15) is 5.08 Å². The first-order valence-corrected chi connectivity index (χ1v) is 14.0. The lowest BCUT2D eigenvalue weighted by Gasteiger charge is -2.49. The molecule has 1 aliphatic heterocycles. The Balaban J connectivity index is 1.77. The van der Waals surface area contributed by atoms with E-state index in [1.165, 1.54) is 27.6 Å². The van der Waals surface area contributed by atoms with Gasteiger partial charge in [0.15, 0.2) is 0 Å². The Bertz CT molecular complexity index is 931. The molecule has 4 aromatic carbocycles. The highest BCUT2D eigenvalue weighted by Gasteiger charge is 2.50. The van der Waals surface area contributed by atoms with E-state index < -0.39 is 15.8 Å². The van der Waals surface area contributed by atoms with Crippen LogP contribution in [0.4, 0.5) is 0 Å². The zero-order valence-corrected chi connectivity index (χ0v) is 20.0. The number of hydrogen-bond acceptors (Lipinski definition) is 1. The van der Waals surface area contributed by atoms with E-state index in [2.05, 4.69) is 121 Å². The molecular weight excluding hydrogens is 426 g/mol. The van der Waals surface area contributed by atoms with Gasteiger partial charge >= 0.3 is 0 Å². The molecule has 1 aliphatic rings. The minimum absolute atomic E-state index is 0.242. The largest absolute Gasteiger partial charge is 0.365 e. The summed E-state index contributed by atoms with van der Waals surface area (Å²) in [6.45, 7) is 0.830. The van der Waals surface area contributed by atoms with Gasteiger partial charge in [-0.05, 0) is 56.3 Å². The van der Waals surface area contributed by atoms with Crippen molar-refractivity contribution in [2.45, 2.75) is 24.3 Å². The molecule has 1 heterocycles. The fraction of sp³-hybridized carbons (Fsp3) is 0.172. The van der Waals surface area contributed by atoms with E-state index in [0.717, 1.165) is 19.4 Å². The molecule has 0 amide bonds. The maximum Gasteiger partial charge on any atom is 0.122 e. The van der Waals surface area contributed by atoms with Crippen LogP contribution in [0.5, 0.6) is 0 Å². The number of hydrogen-bond donors (Lipinski definition) is 0. The van der Waals surface area contributed by atoms with Crippen LogP contribution in [0, 0.1) is 0 Å². The maximum atomic E-state index is 7.07. The summed E-state index contributed by atoms with van der Waals surface area (Å²) in [5, 5.41) is 5.35. The second-order valence-corrected chi connectivity index (χ2v) is 13.3. The lowest BCUT2D eigenvalue weighted by molar-refractivity contribution is 0.0441. The van der Waals surface area contributed by atoms with E-state index in [4.69, 9.17) is 4.74 Å². The topological polar surface area (TPSA) is 9.23 Å². The summed E-state index contributed by atoms with van der Waals surface area (Å²) in [6.07, 6.45) is 3.43. The summed E-state index contributed by atoms with van der Waals surface area (Å²) in [4.78, 5) is 0. The van der Waals surface area contributed by atoms with Gasteiger partial charge in [-0.1, -0.05) is 121 Å². The first-order valence-electron chi connectivity index (χ1n) is 11.3. The highest BCUT2D eigenvalue weighted by Crippen LogP contribution is 2.68. The van der Waals surface area contributed by atoms with Crippen LogP contribution in [-0.4, -0.2) is 11.7 Å². The molecule has 0 unspecified atom stereocenters. The Morgan fingerprint density at radius 2 is 0.812 bits per heavy atom. The van der Waals surface area contributed by atoms with Crippen LogP contribution in [0.2, 0.25) is 0 Å². The molecule has 5 rings (SSSR count). The van der Waals surface area contributed by atoms with Crippen molar-refractivity contribution in [1.29, 1.82) is 0 Å². The SMILES string of the molecule is c1ccc(P(c2ccccc2)C2(P(c3ccccc3)c3ccccc3)CCCCO2)cc1. The van der Waals surface area contributed by atoms with Crippen LogP contribution < -0.4 is 21.2 Å². The first kappa shape index (κ1) is 21.5. The zero-order valence-electron chi connectivity index (χ0n) is 18.2. The van der Waals surface area contributed by atoms with Gasteiger partial charge in [-0.25, -0.2) is 0 Å². The predicted molar refractivity (Wildman–Crippen MR) is 141 cm³/mol. The molecule has 0 bridgehead atoms. The highest BCUT2D eigenvalue weighted by atomic mass is 31.2. The Morgan fingerprint density at radius 3 is 1.09 bits per heavy atom. The van der Waals surface area contributed by atoms with Crippen LogP contribution in [0.1, 0.15) is 19.3 Å². The summed E-state index contributed by atoms with van der Waals surface area (Å²) >= 11 is 0. The van der Waals surface area contributed by atoms with Crippen molar-refractivity contribution in [3.8, 4) is 0 Å². The van der Waals surface area contributed by atoms with E-state index in [-0.39, 0.29) is 5.08 Å². The van der Waals surface area contributed by atoms with E-state index >= 15 is 0 Å². The summed E-state index contributed by atoms with van der Waals surface area (Å²) in [7, 11) is -1.47. The predicted octanol–water partition coefficient (Wildman–Crippen LogP) is 6.11. The molecule has 0 aromatic heterocycles. The van der Waals surface area contributed by atoms with Crippen molar-refractivity contribution < 1.29 is 4.74 Å². The minimum atomic E-state index is -0.733. The third-order valence-electron chi connectivity index (χ3n) is 5.99. The number of benzene rings is 4. The number of ether oxygens (including phenoxy) is 1. The van der Waals surface area contributed by atoms with E-state index in [1.807, 2.05) is 0 Å². The van der Waals surface area contributed by atoms with Gasteiger partial charge in [0.05, 0.1) is 0 Å². The second kappa shape index (κ2) is 10.1. The van der Waals surface area contributed by atoms with Crippen LogP contribution >= 0.6 is 15.8 Å². The van der Waals surface area contributed by atoms with Gasteiger partial charge in [-0.3, -0.25) is 0 Å². The molecule has 32 heavy (non-hydrogen) atoms. The Kier molecular flexibility index (Phi) is 6.80. The lowest BCUT2D eigenvalue weighted by Crippen LogP contribution is -2.43. The van der Waals surface area contributed by atoms with Crippen molar-refractivity contribution in [3.05, 3.63) is 121 Å². The van der Waals surface area contributed by atoms with Crippen molar-refractivity contribution >= 4 is 37.1 Å². The van der Waals surface area contributed by atoms with Crippen LogP contribution in [-0.2, 0) is 4.74 Å². The maximum absolute atomic E-state index is 7.07. The molecule has 0 atom stereocenters. The van der Waals surface area contributed by atoms with Gasteiger partial charge < -0.3 is 4.74 Å². The monoisotopic (exact) mass is 454 g/mol. The van der Waals surface area contributed by atoms with Crippen molar-refractivity contribution in [2.24, 2.45) is 0 Å². The molecule has 0 aliphatic carbocycles. The standard InChI is InChI=1S/C29H28OP2/c1-5-15-25(16-6-1)31(26-17-7-2-8-18-26)29(23-13-14-24-30-29)32(27-19-9-3-10-20-27)28-21-11-4-12-22-28/h1-12,15-22H,13-14,23-24H2. The van der Waals surface area contributed by atoms with E-state index in [9.17, 15) is 0 Å². The third kappa shape index (κ3) is 4.31. The van der Waals surface area contributed by atoms with E-state index in [0.29, 0.717) is 0 Å². The molecule has 1 fully saturated rings. The van der Waals surface area contributed by atoms with Gasteiger partial charge in [0, 0.05) is 6.61 Å². The van der Waals surface area contributed by atoms with Crippen LogP contribution in [0.25, 0.3) is 0 Å². The normalized spacial score (nSPS) is 15.7. The summed E-state index contributed by atoms with van der Waals surface area (Å²) in [6, 6.07) is 44.4. The molecule has 1 saturated heterocycles. The second-order valence-electron chi connectivity index (χ2n) is 8.06. The van der Waals surface area contributed by atoms with Crippen molar-refractivity contribution in [2.75, 3.05) is 6.61 Å². The average Bonchev–Trinajstić information content (AvgIpc) is 2.88. The van der Waals surface area contributed by atoms with Gasteiger partial charge in [-0.2, -0.15) is 0 Å². The molecule has 160 valence electrons. The molecule has 0 saturated carbocycles. The molecule has 3 heteroatoms. The van der Waals surface area contributed by atoms with Gasteiger partial charge in [0.25, 0.3) is 0 Å². The lowest BCUT2D eigenvalue weighted by atomic mass is 10.2. The highest BCUT2D eigenvalue weighted by molar-refractivity contribution is 7.90. The molecule has 0 N–H and O–H groups in total. The summed E-state index contributed by atoms with van der Waals surface area (Å²) < 4.78 is 7.07. The van der Waals surface area contributed by atoms with Gasteiger partial charge in [-0.15, -0.1) is 0 Å². The summed E-state index contributed by atoms with van der Waals surface area (Å²) in [5.41, 5.74) is 0. The van der Waals surface area contributed by atoms with E-state index in [1.54, 1.807) is 0 Å². The molecule has 0 spiro atoms. The summed E-state index contributed by atoms with van der Waals surface area (Å²) in [5.74, 6) is 0. The average molecular weight is 454 g/mol. The van der Waals surface area contributed by atoms with Crippen LogP contribution in [0.15, 0.2) is 121 Å². The Hall–Kier alpha value is -2.30. The molecular formula is C29H28OP2. The smallest absolute Gasteiger partial charge is 0.122 e. The zero-order chi connectivity index (χ0) is 21.6.